The third-order valence-corrected chi connectivity index (χ3v) is 3.51. The molecule has 21 heavy (non-hydrogen) atoms. The summed E-state index contributed by atoms with van der Waals surface area (Å²) in [7, 11) is 0. The van der Waals surface area contributed by atoms with Crippen LogP contribution in [0.15, 0.2) is 46.9 Å². The minimum atomic E-state index is -4.46. The molecule has 0 aliphatic carbocycles. The largest absolute Gasteiger partial charge is 0.456 e. The topological polar surface area (TPSA) is 35.2 Å². The van der Waals surface area contributed by atoms with Gasteiger partial charge in [-0.15, -0.1) is 0 Å². The van der Waals surface area contributed by atoms with Crippen LogP contribution in [0.25, 0.3) is 0 Å². The predicted molar refractivity (Wildman–Crippen MR) is 78.3 cm³/mol. The summed E-state index contributed by atoms with van der Waals surface area (Å²) in [5.41, 5.74) is 5.80. The number of nitrogens with two attached hydrogens (primary N) is 1. The van der Waals surface area contributed by atoms with Crippen LogP contribution in [0, 0.1) is 0 Å². The zero-order valence-corrected chi connectivity index (χ0v) is 12.7. The van der Waals surface area contributed by atoms with Crippen LogP contribution < -0.4 is 10.5 Å². The highest BCUT2D eigenvalue weighted by molar-refractivity contribution is 9.10. The van der Waals surface area contributed by atoms with Gasteiger partial charge in [0.15, 0.2) is 0 Å². The molecular weight excluding hydrogens is 347 g/mol. The van der Waals surface area contributed by atoms with Crippen LogP contribution in [0.4, 0.5) is 13.2 Å². The Morgan fingerprint density at radius 1 is 1.10 bits per heavy atom. The van der Waals surface area contributed by atoms with Crippen molar-refractivity contribution >= 4 is 15.9 Å². The Morgan fingerprint density at radius 2 is 1.76 bits per heavy atom. The number of hydrogen-bond donors (Lipinski definition) is 1. The molecular formula is C15H13BrF3NO. The lowest BCUT2D eigenvalue weighted by Gasteiger charge is -2.15. The Kier molecular flexibility index (Phi) is 4.58. The van der Waals surface area contributed by atoms with Crippen molar-refractivity contribution in [2.75, 3.05) is 0 Å². The van der Waals surface area contributed by atoms with E-state index in [1.807, 2.05) is 6.92 Å². The summed E-state index contributed by atoms with van der Waals surface area (Å²) in [6.45, 7) is 1.82. The second-order valence-corrected chi connectivity index (χ2v) is 5.43. The molecule has 2 nitrogen and oxygen atoms in total. The van der Waals surface area contributed by atoms with Crippen LogP contribution in [-0.4, -0.2) is 0 Å². The average Bonchev–Trinajstić information content (AvgIpc) is 2.40. The average molecular weight is 360 g/mol. The molecule has 1 atom stereocenters. The Bertz CT molecular complexity index is 641. The first-order valence-corrected chi connectivity index (χ1v) is 6.97. The van der Waals surface area contributed by atoms with Gasteiger partial charge in [-0.1, -0.05) is 18.2 Å². The molecule has 112 valence electrons. The molecule has 2 rings (SSSR count). The number of benzene rings is 2. The van der Waals surface area contributed by atoms with E-state index in [0.717, 1.165) is 11.6 Å². The Balaban J connectivity index is 2.35. The second kappa shape index (κ2) is 6.07. The van der Waals surface area contributed by atoms with E-state index in [1.165, 1.54) is 18.2 Å². The molecule has 0 heterocycles. The van der Waals surface area contributed by atoms with Crippen molar-refractivity contribution in [3.8, 4) is 11.5 Å². The van der Waals surface area contributed by atoms with Gasteiger partial charge in [0.25, 0.3) is 0 Å². The standard InChI is InChI=1S/C15H13BrF3NO/c1-9(20)10-6-7-14(12(16)8-10)21-13-5-3-2-4-11(13)15(17,18)19/h2-9H,20H2,1H3/t9-/m1/s1. The van der Waals surface area contributed by atoms with Gasteiger partial charge >= 0.3 is 6.18 Å². The highest BCUT2D eigenvalue weighted by Gasteiger charge is 2.34. The maximum absolute atomic E-state index is 12.9. The molecule has 2 aromatic carbocycles. The quantitative estimate of drug-likeness (QED) is 0.808. The lowest BCUT2D eigenvalue weighted by Crippen LogP contribution is -2.07. The highest BCUT2D eigenvalue weighted by atomic mass is 79.9. The number of halogens is 4. The molecule has 0 aliphatic heterocycles. The van der Waals surface area contributed by atoms with Gasteiger partial charge in [0.2, 0.25) is 0 Å². The van der Waals surface area contributed by atoms with Gasteiger partial charge in [-0.05, 0) is 52.7 Å². The van der Waals surface area contributed by atoms with E-state index in [9.17, 15) is 13.2 Å². The van der Waals surface area contributed by atoms with Crippen molar-refractivity contribution in [1.29, 1.82) is 0 Å². The van der Waals surface area contributed by atoms with Crippen LogP contribution in [0.2, 0.25) is 0 Å². The summed E-state index contributed by atoms with van der Waals surface area (Å²) >= 11 is 3.29. The van der Waals surface area contributed by atoms with Gasteiger partial charge in [-0.3, -0.25) is 0 Å². The molecule has 0 amide bonds. The monoisotopic (exact) mass is 359 g/mol. The zero-order valence-electron chi connectivity index (χ0n) is 11.1. The molecule has 6 heteroatoms. The van der Waals surface area contributed by atoms with Crippen molar-refractivity contribution in [1.82, 2.24) is 0 Å². The molecule has 0 aliphatic rings. The van der Waals surface area contributed by atoms with Crippen molar-refractivity contribution in [2.24, 2.45) is 5.73 Å². The summed E-state index contributed by atoms with van der Waals surface area (Å²) in [6.07, 6.45) is -4.46. The van der Waals surface area contributed by atoms with E-state index in [0.29, 0.717) is 10.2 Å². The van der Waals surface area contributed by atoms with Gasteiger partial charge in [0.1, 0.15) is 11.5 Å². The fraction of sp³-hybridized carbons (Fsp3) is 0.200. The lowest BCUT2D eigenvalue weighted by atomic mass is 10.1. The Morgan fingerprint density at radius 3 is 2.33 bits per heavy atom. The van der Waals surface area contributed by atoms with Crippen LogP contribution in [-0.2, 0) is 6.18 Å². The third-order valence-electron chi connectivity index (χ3n) is 2.89. The predicted octanol–water partition coefficient (Wildman–Crippen LogP) is 5.28. The Labute approximate surface area is 128 Å². The number of para-hydroxylation sites is 1. The molecule has 0 aromatic heterocycles. The van der Waals surface area contributed by atoms with Crippen LogP contribution in [0.5, 0.6) is 11.5 Å². The SMILES string of the molecule is C[C@@H](N)c1ccc(Oc2ccccc2C(F)(F)F)c(Br)c1. The smallest absolute Gasteiger partial charge is 0.419 e. The first-order chi connectivity index (χ1) is 9.79. The van der Waals surface area contributed by atoms with E-state index in [4.69, 9.17) is 10.5 Å². The van der Waals surface area contributed by atoms with Gasteiger partial charge in [-0.25, -0.2) is 0 Å². The van der Waals surface area contributed by atoms with Crippen LogP contribution in [0.1, 0.15) is 24.1 Å². The molecule has 0 saturated heterocycles. The first-order valence-electron chi connectivity index (χ1n) is 6.18. The highest BCUT2D eigenvalue weighted by Crippen LogP contribution is 2.39. The van der Waals surface area contributed by atoms with Crippen molar-refractivity contribution in [3.05, 3.63) is 58.1 Å². The zero-order chi connectivity index (χ0) is 15.6. The van der Waals surface area contributed by atoms with Crippen LogP contribution >= 0.6 is 15.9 Å². The van der Waals surface area contributed by atoms with Gasteiger partial charge in [-0.2, -0.15) is 13.2 Å². The minimum Gasteiger partial charge on any atom is -0.456 e. The fourth-order valence-electron chi connectivity index (χ4n) is 1.79. The van der Waals surface area contributed by atoms with E-state index in [2.05, 4.69) is 15.9 Å². The minimum absolute atomic E-state index is 0.169. The van der Waals surface area contributed by atoms with Gasteiger partial charge in [0, 0.05) is 6.04 Å². The summed E-state index contributed by atoms with van der Waals surface area (Å²) in [6, 6.07) is 9.97. The molecule has 0 bridgehead atoms. The van der Waals surface area contributed by atoms with Gasteiger partial charge in [0.05, 0.1) is 10.0 Å². The van der Waals surface area contributed by atoms with Crippen LogP contribution in [0.3, 0.4) is 0 Å². The maximum atomic E-state index is 12.9. The first kappa shape index (κ1) is 15.9. The van der Waals surface area contributed by atoms with Crippen molar-refractivity contribution in [2.45, 2.75) is 19.1 Å². The molecule has 0 radical (unpaired) electrons. The Hall–Kier alpha value is -1.53. The number of rotatable bonds is 3. The molecule has 0 spiro atoms. The molecule has 0 fully saturated rings. The lowest BCUT2D eigenvalue weighted by molar-refractivity contribution is -0.138. The third kappa shape index (κ3) is 3.77. The normalized spacial score (nSPS) is 13.0. The summed E-state index contributed by atoms with van der Waals surface area (Å²) < 4.78 is 44.7. The molecule has 2 aromatic rings. The van der Waals surface area contributed by atoms with E-state index >= 15 is 0 Å². The van der Waals surface area contributed by atoms with E-state index in [-0.39, 0.29) is 11.8 Å². The molecule has 0 saturated carbocycles. The molecule has 0 unspecified atom stereocenters. The van der Waals surface area contributed by atoms with Crippen molar-refractivity contribution < 1.29 is 17.9 Å². The maximum Gasteiger partial charge on any atom is 0.419 e. The number of alkyl halides is 3. The second-order valence-electron chi connectivity index (χ2n) is 4.57. The summed E-state index contributed by atoms with van der Waals surface area (Å²) in [5.74, 6) is 0.0651. The van der Waals surface area contributed by atoms with Gasteiger partial charge < -0.3 is 10.5 Å². The van der Waals surface area contributed by atoms with Crippen molar-refractivity contribution in [3.63, 3.8) is 0 Å². The number of hydrogen-bond acceptors (Lipinski definition) is 2. The summed E-state index contributed by atoms with van der Waals surface area (Å²) in [4.78, 5) is 0. The molecule has 2 N–H and O–H groups in total. The number of ether oxygens (including phenoxy) is 1. The van der Waals surface area contributed by atoms with E-state index < -0.39 is 11.7 Å². The van der Waals surface area contributed by atoms with E-state index in [1.54, 1.807) is 18.2 Å². The summed E-state index contributed by atoms with van der Waals surface area (Å²) in [5, 5.41) is 0. The fourth-order valence-corrected chi connectivity index (χ4v) is 2.27.